The van der Waals surface area contributed by atoms with Gasteiger partial charge in [0.25, 0.3) is 5.91 Å². The van der Waals surface area contributed by atoms with E-state index in [-0.39, 0.29) is 18.0 Å². The van der Waals surface area contributed by atoms with E-state index in [0.717, 1.165) is 5.56 Å². The Labute approximate surface area is 132 Å². The van der Waals surface area contributed by atoms with E-state index in [4.69, 9.17) is 9.52 Å². The molecule has 2 rings (SSSR count). The van der Waals surface area contributed by atoms with Crippen molar-refractivity contribution < 1.29 is 19.1 Å². The van der Waals surface area contributed by atoms with E-state index >= 15 is 0 Å². The maximum Gasteiger partial charge on any atom is 0.305 e. The van der Waals surface area contributed by atoms with Crippen molar-refractivity contribution in [2.45, 2.75) is 38.6 Å². The van der Waals surface area contributed by atoms with Gasteiger partial charge in [-0.3, -0.25) is 9.59 Å². The molecular weight excluding hydrogens is 304 g/mol. The molecule has 0 aromatic carbocycles. The molecule has 0 aliphatic heterocycles. The molecule has 0 aliphatic rings. The summed E-state index contributed by atoms with van der Waals surface area (Å²) in [5.41, 5.74) is 0.354. The zero-order chi connectivity index (χ0) is 16.2. The van der Waals surface area contributed by atoms with Gasteiger partial charge >= 0.3 is 5.97 Å². The third-order valence-electron chi connectivity index (χ3n) is 3.73. The van der Waals surface area contributed by atoms with Gasteiger partial charge in [-0.25, -0.2) is 4.98 Å². The van der Waals surface area contributed by atoms with Crippen LogP contribution in [0.2, 0.25) is 0 Å². The molecule has 2 aromatic heterocycles. The van der Waals surface area contributed by atoms with E-state index in [1.807, 2.05) is 13.8 Å². The lowest BCUT2D eigenvalue weighted by Gasteiger charge is -2.31. The Morgan fingerprint density at radius 1 is 1.41 bits per heavy atom. The Hall–Kier alpha value is -2.15. The van der Waals surface area contributed by atoms with Crippen molar-refractivity contribution in [2.24, 2.45) is 0 Å². The Morgan fingerprint density at radius 3 is 2.68 bits per heavy atom. The summed E-state index contributed by atoms with van der Waals surface area (Å²) in [4.78, 5) is 27.7. The Bertz CT molecular complexity index is 644. The third-order valence-corrected chi connectivity index (χ3v) is 4.62. The predicted molar refractivity (Wildman–Crippen MR) is 82.8 cm³/mol. The summed E-state index contributed by atoms with van der Waals surface area (Å²) in [5, 5.41) is 14.2. The molecule has 118 valence electrons. The van der Waals surface area contributed by atoms with Crippen LogP contribution in [0.15, 0.2) is 28.4 Å². The molecule has 6 nitrogen and oxygen atoms in total. The zero-order valence-corrected chi connectivity index (χ0v) is 13.3. The topological polar surface area (TPSA) is 92.4 Å². The number of nitrogens with zero attached hydrogens (tertiary/aromatic N) is 1. The van der Waals surface area contributed by atoms with Crippen molar-refractivity contribution in [1.29, 1.82) is 0 Å². The van der Waals surface area contributed by atoms with Crippen LogP contribution >= 0.6 is 11.3 Å². The van der Waals surface area contributed by atoms with Crippen LogP contribution in [-0.2, 0) is 4.79 Å². The molecule has 2 aromatic rings. The Kier molecular flexibility index (Phi) is 4.97. The van der Waals surface area contributed by atoms with Crippen molar-refractivity contribution in [3.63, 3.8) is 0 Å². The fourth-order valence-electron chi connectivity index (χ4n) is 2.21. The summed E-state index contributed by atoms with van der Waals surface area (Å²) in [6, 6.07) is 1.77. The van der Waals surface area contributed by atoms with Crippen molar-refractivity contribution >= 4 is 23.2 Å². The van der Waals surface area contributed by atoms with Crippen LogP contribution in [0.25, 0.3) is 10.6 Å². The maximum atomic E-state index is 12.4. The summed E-state index contributed by atoms with van der Waals surface area (Å²) in [7, 11) is 0. The monoisotopic (exact) mass is 322 g/mol. The molecule has 1 amide bonds. The minimum Gasteiger partial charge on any atom is -0.481 e. The summed E-state index contributed by atoms with van der Waals surface area (Å²) in [6.45, 7) is 3.73. The number of hydrogen-bond acceptors (Lipinski definition) is 5. The number of carbonyl (C=O) groups excluding carboxylic acids is 1. The minimum absolute atomic E-state index is 0.107. The van der Waals surface area contributed by atoms with E-state index in [2.05, 4.69) is 10.3 Å². The number of aromatic nitrogens is 1. The molecule has 2 N–H and O–H groups in total. The van der Waals surface area contributed by atoms with Crippen molar-refractivity contribution in [2.75, 3.05) is 0 Å². The van der Waals surface area contributed by atoms with Gasteiger partial charge in [0, 0.05) is 10.9 Å². The second-order valence-corrected chi connectivity index (χ2v) is 5.92. The van der Waals surface area contributed by atoms with Gasteiger partial charge in [0.15, 0.2) is 0 Å². The van der Waals surface area contributed by atoms with Crippen LogP contribution in [0.4, 0.5) is 0 Å². The number of carboxylic acids is 1. The van der Waals surface area contributed by atoms with Gasteiger partial charge < -0.3 is 14.8 Å². The number of hydrogen-bond donors (Lipinski definition) is 2. The van der Waals surface area contributed by atoms with Gasteiger partial charge in [0.05, 0.1) is 18.2 Å². The predicted octanol–water partition coefficient (Wildman–Crippen LogP) is 3.17. The minimum atomic E-state index is -0.929. The first-order valence-electron chi connectivity index (χ1n) is 7.02. The fraction of sp³-hybridized carbons (Fsp3) is 0.400. The van der Waals surface area contributed by atoms with Gasteiger partial charge in [0.1, 0.15) is 17.0 Å². The largest absolute Gasteiger partial charge is 0.481 e. The molecule has 7 heteroatoms. The summed E-state index contributed by atoms with van der Waals surface area (Å²) in [6.07, 6.45) is 4.08. The smallest absolute Gasteiger partial charge is 0.305 e. The molecule has 0 atom stereocenters. The lowest BCUT2D eigenvalue weighted by Crippen LogP contribution is -2.49. The van der Waals surface area contributed by atoms with Crippen molar-refractivity contribution in [1.82, 2.24) is 10.3 Å². The molecule has 0 saturated heterocycles. The van der Waals surface area contributed by atoms with Gasteiger partial charge in [-0.05, 0) is 18.9 Å². The molecule has 0 spiro atoms. The number of furan rings is 1. The second kappa shape index (κ2) is 6.74. The standard InChI is InChI=1S/C15H18N2O4S/c1-3-15(4-2,7-12(18)19)17-13(20)11-9-22-14(16-11)10-5-6-21-8-10/h5-6,8-9H,3-4,7H2,1-2H3,(H,17,20)(H,18,19). The molecule has 0 aliphatic carbocycles. The van der Waals surface area contributed by atoms with Crippen LogP contribution in [0.5, 0.6) is 0 Å². The quantitative estimate of drug-likeness (QED) is 0.817. The number of rotatable bonds is 7. The van der Waals surface area contributed by atoms with Crippen LogP contribution in [-0.4, -0.2) is 27.5 Å². The maximum absolute atomic E-state index is 12.4. The van der Waals surface area contributed by atoms with E-state index in [9.17, 15) is 9.59 Å². The Morgan fingerprint density at radius 2 is 2.14 bits per heavy atom. The van der Waals surface area contributed by atoms with Crippen molar-refractivity contribution in [3.8, 4) is 10.6 Å². The molecule has 0 saturated carbocycles. The average Bonchev–Trinajstić information content (AvgIpc) is 3.16. The van der Waals surface area contributed by atoms with Gasteiger partial charge in [0.2, 0.25) is 0 Å². The zero-order valence-electron chi connectivity index (χ0n) is 12.5. The third kappa shape index (κ3) is 3.54. The molecule has 0 radical (unpaired) electrons. The van der Waals surface area contributed by atoms with Gasteiger partial charge in [-0.2, -0.15) is 0 Å². The number of carbonyl (C=O) groups is 2. The Balaban J connectivity index is 2.15. The highest BCUT2D eigenvalue weighted by atomic mass is 32.1. The molecule has 0 bridgehead atoms. The summed E-state index contributed by atoms with van der Waals surface area (Å²) < 4.78 is 5.00. The molecule has 22 heavy (non-hydrogen) atoms. The fourth-order valence-corrected chi connectivity index (χ4v) is 3.00. The summed E-state index contributed by atoms with van der Waals surface area (Å²) in [5.74, 6) is -1.28. The molecular formula is C15H18N2O4S. The first-order valence-corrected chi connectivity index (χ1v) is 7.90. The van der Waals surface area contributed by atoms with Crippen LogP contribution < -0.4 is 5.32 Å². The molecule has 0 unspecified atom stereocenters. The normalized spacial score (nSPS) is 11.4. The first-order chi connectivity index (χ1) is 10.5. The highest BCUT2D eigenvalue weighted by molar-refractivity contribution is 7.13. The molecule has 0 fully saturated rings. The second-order valence-electron chi connectivity index (χ2n) is 5.06. The number of carboxylic acid groups (broad SMARTS) is 1. The van der Waals surface area contributed by atoms with E-state index in [0.29, 0.717) is 17.8 Å². The number of thiazole rings is 1. The lowest BCUT2D eigenvalue weighted by molar-refractivity contribution is -0.138. The SMILES string of the molecule is CCC(CC)(CC(=O)O)NC(=O)c1csc(-c2ccoc2)n1. The van der Waals surface area contributed by atoms with E-state index < -0.39 is 11.5 Å². The average molecular weight is 322 g/mol. The van der Waals surface area contributed by atoms with Crippen LogP contribution in [0, 0.1) is 0 Å². The highest BCUT2D eigenvalue weighted by Gasteiger charge is 2.31. The van der Waals surface area contributed by atoms with Crippen LogP contribution in [0.1, 0.15) is 43.6 Å². The number of nitrogens with one attached hydrogen (secondary N) is 1. The highest BCUT2D eigenvalue weighted by Crippen LogP contribution is 2.25. The van der Waals surface area contributed by atoms with Gasteiger partial charge in [-0.1, -0.05) is 13.8 Å². The van der Waals surface area contributed by atoms with E-state index in [1.165, 1.54) is 11.3 Å². The van der Waals surface area contributed by atoms with Crippen molar-refractivity contribution in [3.05, 3.63) is 29.7 Å². The first kappa shape index (κ1) is 16.2. The van der Waals surface area contributed by atoms with Gasteiger partial charge in [-0.15, -0.1) is 11.3 Å². The number of amides is 1. The lowest BCUT2D eigenvalue weighted by atomic mass is 9.89. The molecule has 2 heterocycles. The van der Waals surface area contributed by atoms with Crippen LogP contribution in [0.3, 0.4) is 0 Å². The number of aliphatic carboxylic acids is 1. The van der Waals surface area contributed by atoms with E-state index in [1.54, 1.807) is 24.0 Å². The summed E-state index contributed by atoms with van der Waals surface area (Å²) >= 11 is 1.34.